The minimum absolute atomic E-state index is 0.471. The first-order chi connectivity index (χ1) is 7.11. The Hall–Kier alpha value is -1.02. The molecule has 0 aromatic heterocycles. The van der Waals surface area contributed by atoms with E-state index in [2.05, 4.69) is 25.3 Å². The van der Waals surface area contributed by atoms with E-state index in [0.717, 1.165) is 0 Å². The Morgan fingerprint density at radius 3 is 2.53 bits per heavy atom. The van der Waals surface area contributed by atoms with E-state index in [1.54, 1.807) is 18.2 Å². The zero-order valence-electron chi connectivity index (χ0n) is 8.86. The lowest BCUT2D eigenvalue weighted by atomic mass is 9.77. The summed E-state index contributed by atoms with van der Waals surface area (Å²) in [6.45, 7) is 4.22. The summed E-state index contributed by atoms with van der Waals surface area (Å²) >= 11 is 0. The molecule has 0 aliphatic rings. The molecule has 0 fully saturated rings. The van der Waals surface area contributed by atoms with E-state index in [4.69, 9.17) is 10.0 Å². The molecule has 2 radical (unpaired) electrons. The van der Waals surface area contributed by atoms with Crippen LogP contribution in [0.5, 0.6) is 0 Å². The van der Waals surface area contributed by atoms with Crippen molar-refractivity contribution < 1.29 is 10.0 Å². The van der Waals surface area contributed by atoms with Gasteiger partial charge < -0.3 is 10.0 Å². The summed E-state index contributed by atoms with van der Waals surface area (Å²) in [5.74, 6) is 2.97. The predicted molar refractivity (Wildman–Crippen MR) is 64.0 cm³/mol. The Bertz CT molecular complexity index is 380. The van der Waals surface area contributed by atoms with E-state index in [1.165, 1.54) is 0 Å². The van der Waals surface area contributed by atoms with Crippen molar-refractivity contribution in [2.75, 3.05) is 0 Å². The second-order valence-corrected chi connectivity index (χ2v) is 5.20. The molecule has 0 saturated heterocycles. The van der Waals surface area contributed by atoms with Gasteiger partial charge in [0, 0.05) is 5.56 Å². The first-order valence-electron chi connectivity index (χ1n) is 4.83. The average Bonchev–Trinajstić information content (AvgIpc) is 2.17. The first-order valence-corrected chi connectivity index (χ1v) is 5.90. The van der Waals surface area contributed by atoms with Crippen molar-refractivity contribution >= 4 is 22.1 Å². The van der Waals surface area contributed by atoms with Crippen LogP contribution in [0.4, 0.5) is 0 Å². The standard InChI is InChI=1S/C11H13BO2Si/c1-9(2)15-8-7-10-5-3-4-6-11(10)12(13)14/h3-6,9,13-14H,1-2H3. The molecule has 0 atom stereocenters. The van der Waals surface area contributed by atoms with Crippen LogP contribution in [0, 0.1) is 11.5 Å². The molecule has 0 unspecified atom stereocenters. The molecular weight excluding hydrogens is 203 g/mol. The Labute approximate surface area is 93.3 Å². The topological polar surface area (TPSA) is 40.5 Å². The number of hydrogen-bond acceptors (Lipinski definition) is 2. The van der Waals surface area contributed by atoms with Crippen molar-refractivity contribution in [2.45, 2.75) is 19.4 Å². The average molecular weight is 216 g/mol. The largest absolute Gasteiger partial charge is 0.489 e. The Kier molecular flexibility index (Phi) is 4.63. The lowest BCUT2D eigenvalue weighted by molar-refractivity contribution is 0.425. The third-order valence-corrected chi connectivity index (χ3v) is 2.64. The van der Waals surface area contributed by atoms with Gasteiger partial charge in [-0.15, -0.1) is 5.54 Å². The van der Waals surface area contributed by atoms with Crippen LogP contribution in [0.2, 0.25) is 5.54 Å². The first kappa shape index (κ1) is 12.1. The van der Waals surface area contributed by atoms with E-state index in [9.17, 15) is 0 Å². The summed E-state index contributed by atoms with van der Waals surface area (Å²) in [6.07, 6.45) is 0. The molecule has 1 aromatic rings. The van der Waals surface area contributed by atoms with Gasteiger partial charge in [-0.1, -0.05) is 38.0 Å². The smallest absolute Gasteiger partial charge is 0.423 e. The number of hydrogen-bond donors (Lipinski definition) is 2. The highest BCUT2D eigenvalue weighted by atomic mass is 28.2. The molecule has 0 saturated carbocycles. The highest BCUT2D eigenvalue weighted by molar-refractivity contribution is 6.59. The highest BCUT2D eigenvalue weighted by Crippen LogP contribution is 1.97. The quantitative estimate of drug-likeness (QED) is 0.548. The zero-order chi connectivity index (χ0) is 11.3. The van der Waals surface area contributed by atoms with Crippen LogP contribution >= 0.6 is 0 Å². The van der Waals surface area contributed by atoms with Gasteiger partial charge in [-0.2, -0.15) is 0 Å². The van der Waals surface area contributed by atoms with E-state index in [-0.39, 0.29) is 0 Å². The van der Waals surface area contributed by atoms with Crippen molar-refractivity contribution in [2.24, 2.45) is 0 Å². The monoisotopic (exact) mass is 216 g/mol. The molecular formula is C11H13BO2Si. The maximum atomic E-state index is 9.10. The van der Waals surface area contributed by atoms with Gasteiger partial charge in [-0.05, 0) is 17.1 Å². The third-order valence-electron chi connectivity index (χ3n) is 1.80. The van der Waals surface area contributed by atoms with Gasteiger partial charge in [0.1, 0.15) is 0 Å². The lowest BCUT2D eigenvalue weighted by Gasteiger charge is -2.01. The van der Waals surface area contributed by atoms with Gasteiger partial charge in [0.15, 0.2) is 9.52 Å². The predicted octanol–water partition coefficient (Wildman–Crippen LogP) is 0.208. The van der Waals surface area contributed by atoms with Crippen LogP contribution in [-0.2, 0) is 0 Å². The highest BCUT2D eigenvalue weighted by Gasteiger charge is 2.13. The minimum atomic E-state index is -1.45. The molecule has 1 aromatic carbocycles. The van der Waals surface area contributed by atoms with E-state index >= 15 is 0 Å². The second-order valence-electron chi connectivity index (χ2n) is 3.51. The molecule has 15 heavy (non-hydrogen) atoms. The third kappa shape index (κ3) is 3.92. The Morgan fingerprint density at radius 1 is 1.27 bits per heavy atom. The van der Waals surface area contributed by atoms with Gasteiger partial charge in [0.2, 0.25) is 0 Å². The van der Waals surface area contributed by atoms with Crippen molar-refractivity contribution in [3.8, 4) is 11.5 Å². The van der Waals surface area contributed by atoms with E-state index in [1.807, 2.05) is 6.07 Å². The van der Waals surface area contributed by atoms with Crippen molar-refractivity contribution in [1.29, 1.82) is 0 Å². The summed E-state index contributed by atoms with van der Waals surface area (Å²) in [6, 6.07) is 7.08. The molecule has 2 N–H and O–H groups in total. The maximum absolute atomic E-state index is 9.10. The minimum Gasteiger partial charge on any atom is -0.423 e. The molecule has 0 aliphatic heterocycles. The zero-order valence-corrected chi connectivity index (χ0v) is 9.86. The summed E-state index contributed by atoms with van der Waals surface area (Å²) < 4.78 is 0. The molecule has 0 aliphatic carbocycles. The molecule has 0 bridgehead atoms. The van der Waals surface area contributed by atoms with Crippen molar-refractivity contribution in [1.82, 2.24) is 0 Å². The van der Waals surface area contributed by atoms with Crippen LogP contribution in [0.1, 0.15) is 19.4 Å². The van der Waals surface area contributed by atoms with Crippen molar-refractivity contribution in [3.05, 3.63) is 29.8 Å². The van der Waals surface area contributed by atoms with Crippen molar-refractivity contribution in [3.63, 3.8) is 0 Å². The van der Waals surface area contributed by atoms with Gasteiger partial charge in [-0.3, -0.25) is 0 Å². The molecule has 0 heterocycles. The van der Waals surface area contributed by atoms with Gasteiger partial charge in [0.05, 0.1) is 0 Å². The molecule has 0 spiro atoms. The van der Waals surface area contributed by atoms with Crippen LogP contribution < -0.4 is 5.46 Å². The fourth-order valence-corrected chi connectivity index (χ4v) is 1.58. The summed E-state index contributed by atoms with van der Waals surface area (Å²) in [4.78, 5) is 0. The molecule has 2 nitrogen and oxygen atoms in total. The molecule has 76 valence electrons. The van der Waals surface area contributed by atoms with Crippen LogP contribution in [0.15, 0.2) is 24.3 Å². The fraction of sp³-hybridized carbons (Fsp3) is 0.273. The normalized spacial score (nSPS) is 9.67. The second kappa shape index (κ2) is 5.76. The SMILES string of the molecule is CC(C)[Si]C#Cc1ccccc1B(O)O. The number of benzene rings is 1. The molecule has 4 heteroatoms. The van der Waals surface area contributed by atoms with Gasteiger partial charge in [0.25, 0.3) is 0 Å². The molecule has 1 rings (SSSR count). The summed E-state index contributed by atoms with van der Waals surface area (Å²) in [7, 11) is -0.867. The van der Waals surface area contributed by atoms with Crippen LogP contribution in [-0.4, -0.2) is 26.7 Å². The maximum Gasteiger partial charge on any atom is 0.489 e. The van der Waals surface area contributed by atoms with Crippen LogP contribution in [0.25, 0.3) is 0 Å². The fourth-order valence-electron chi connectivity index (χ4n) is 1.08. The van der Waals surface area contributed by atoms with E-state index < -0.39 is 7.12 Å². The van der Waals surface area contributed by atoms with Gasteiger partial charge in [-0.25, -0.2) is 0 Å². The van der Waals surface area contributed by atoms with Gasteiger partial charge >= 0.3 is 7.12 Å². The Balaban J connectivity index is 2.87. The molecule has 0 amide bonds. The Morgan fingerprint density at radius 2 is 1.93 bits per heavy atom. The van der Waals surface area contributed by atoms with E-state index in [0.29, 0.717) is 26.1 Å². The summed E-state index contributed by atoms with van der Waals surface area (Å²) in [5.41, 5.74) is 4.78. The van der Waals surface area contributed by atoms with Crippen LogP contribution in [0.3, 0.4) is 0 Å². The lowest BCUT2D eigenvalue weighted by Crippen LogP contribution is -2.32. The number of rotatable bonds is 2. The summed E-state index contributed by atoms with van der Waals surface area (Å²) in [5, 5.41) is 18.2.